The summed E-state index contributed by atoms with van der Waals surface area (Å²) in [5, 5.41) is 5.61. The molecule has 2 heteroatoms. The van der Waals surface area contributed by atoms with Gasteiger partial charge in [-0.2, -0.15) is 12.1 Å². The smallest absolute Gasteiger partial charge is 0.0308 e. The number of hydrogen-bond acceptors (Lipinski definition) is 0. The van der Waals surface area contributed by atoms with E-state index in [0.29, 0.717) is 11.8 Å². The van der Waals surface area contributed by atoms with Crippen molar-refractivity contribution in [2.24, 2.45) is 0 Å². The molecule has 0 fully saturated rings. The minimum atomic E-state index is 0.616. The second kappa shape index (κ2) is 13.5. The predicted molar refractivity (Wildman–Crippen MR) is 142 cm³/mol. The third kappa shape index (κ3) is 7.66. The van der Waals surface area contributed by atoms with Crippen LogP contribution in [-0.4, -0.2) is 6.22 Å². The maximum Gasteiger partial charge on any atom is -0.0308 e. The Kier molecular flexibility index (Phi) is 11.3. The standard InChI is InChI=1S/2C13H15.C4H9Si.Hf/c2*1-9(2)12-6-4-5-11-7-10(3)8-13(11)12;1-2-3-4-5;/h2*4-9H,1-3H3;2-4H2,1H3;/q2*-1;;+2. The molecule has 0 aliphatic carbocycles. The summed E-state index contributed by atoms with van der Waals surface area (Å²) >= 11 is 1.43. The molecule has 4 rings (SSSR count). The predicted octanol–water partition coefficient (Wildman–Crippen LogP) is 9.35. The van der Waals surface area contributed by atoms with Crippen LogP contribution in [0.25, 0.3) is 21.5 Å². The Morgan fingerprint density at radius 3 is 1.53 bits per heavy atom. The van der Waals surface area contributed by atoms with E-state index in [0.717, 1.165) is 0 Å². The SMILES string of the molecule is CCCC[Si]=[Hf+2].Cc1cc2c(C(C)C)cccc2[cH-]1.Cc1cc2c(C(C)C)cccc2[cH-]1. The molecule has 0 N–H and O–H groups in total. The van der Waals surface area contributed by atoms with E-state index < -0.39 is 0 Å². The Hall–Kier alpha value is -1.25. The van der Waals surface area contributed by atoms with Gasteiger partial charge in [-0.25, -0.2) is 0 Å². The van der Waals surface area contributed by atoms with Gasteiger partial charge in [0.2, 0.25) is 0 Å². The molecule has 0 aliphatic rings. The normalized spacial score (nSPS) is 10.8. The van der Waals surface area contributed by atoms with Crippen LogP contribution in [0.4, 0.5) is 0 Å². The summed E-state index contributed by atoms with van der Waals surface area (Å²) < 4.78 is 0. The van der Waals surface area contributed by atoms with E-state index in [1.165, 1.54) is 91.9 Å². The summed E-state index contributed by atoms with van der Waals surface area (Å²) in [4.78, 5) is 0. The summed E-state index contributed by atoms with van der Waals surface area (Å²) in [5.41, 5.74) is 5.66. The van der Waals surface area contributed by atoms with Gasteiger partial charge < -0.3 is 0 Å². The zero-order valence-electron chi connectivity index (χ0n) is 21.0. The zero-order chi connectivity index (χ0) is 23.7. The molecule has 0 unspecified atom stereocenters. The molecule has 4 aromatic rings. The second-order valence-corrected chi connectivity index (χ2v) is 14.0. The molecule has 0 saturated carbocycles. The molecular weight excluding hydrogens is 567 g/mol. The van der Waals surface area contributed by atoms with E-state index in [1.807, 2.05) is 0 Å². The first-order valence-corrected chi connectivity index (χ1v) is 18.6. The van der Waals surface area contributed by atoms with E-state index in [-0.39, 0.29) is 0 Å². The number of fused-ring (bicyclic) bond motifs is 2. The van der Waals surface area contributed by atoms with Gasteiger partial charge in [-0.05, 0) is 11.8 Å². The fourth-order valence-corrected chi connectivity index (χ4v) is 6.53. The number of aryl methyl sites for hydroxylation is 2. The molecule has 32 heavy (non-hydrogen) atoms. The fourth-order valence-electron chi connectivity index (χ4n) is 4.09. The van der Waals surface area contributed by atoms with E-state index in [9.17, 15) is 0 Å². The molecule has 0 saturated heterocycles. The van der Waals surface area contributed by atoms with Crippen molar-refractivity contribution in [1.82, 2.24) is 0 Å². The van der Waals surface area contributed by atoms with Gasteiger partial charge in [0, 0.05) is 0 Å². The first kappa shape index (κ1) is 27.0. The molecule has 0 aliphatic heterocycles. The molecule has 4 aromatic carbocycles. The first-order chi connectivity index (χ1) is 15.3. The first-order valence-electron chi connectivity index (χ1n) is 12.0. The summed E-state index contributed by atoms with van der Waals surface area (Å²) in [7, 11) is 0. The molecule has 1 radical (unpaired) electrons. The van der Waals surface area contributed by atoms with Gasteiger partial charge in [0.05, 0.1) is 0 Å². The topological polar surface area (TPSA) is 0 Å². The van der Waals surface area contributed by atoms with Gasteiger partial charge >= 0.3 is 55.0 Å². The van der Waals surface area contributed by atoms with Crippen molar-refractivity contribution in [2.45, 2.75) is 79.2 Å². The minimum Gasteiger partial charge on any atom is -0.165 e. The summed E-state index contributed by atoms with van der Waals surface area (Å²) in [6.07, 6.45) is 4.15. The Bertz CT molecular complexity index is 1030. The van der Waals surface area contributed by atoms with Gasteiger partial charge in [-0.15, -0.1) is 69.1 Å². The molecule has 0 nitrogen and oxygen atoms in total. The average Bonchev–Trinajstić information content (AvgIpc) is 3.32. The van der Waals surface area contributed by atoms with Crippen molar-refractivity contribution < 1.29 is 23.0 Å². The van der Waals surface area contributed by atoms with Crippen LogP contribution in [0.15, 0.2) is 60.7 Å². The van der Waals surface area contributed by atoms with Crippen LogP contribution >= 0.6 is 0 Å². The van der Waals surface area contributed by atoms with E-state index in [1.54, 1.807) is 0 Å². The van der Waals surface area contributed by atoms with Crippen molar-refractivity contribution in [3.63, 3.8) is 0 Å². The molecule has 0 aromatic heterocycles. The number of unbranched alkanes of at least 4 members (excludes halogenated alkanes) is 1. The Morgan fingerprint density at radius 2 is 1.22 bits per heavy atom. The third-order valence-electron chi connectivity index (χ3n) is 5.76. The molecule has 0 heterocycles. The minimum absolute atomic E-state index is 0.616. The Balaban J connectivity index is 0.000000183. The summed E-state index contributed by atoms with van der Waals surface area (Å²) in [5.74, 6) is 1.23. The fraction of sp³-hybridized carbons (Fsp3) is 0.400. The number of rotatable bonds is 5. The molecule has 167 valence electrons. The summed E-state index contributed by atoms with van der Waals surface area (Å²) in [6, 6.07) is 23.7. The number of benzene rings is 2. The quantitative estimate of drug-likeness (QED) is 0.121. The van der Waals surface area contributed by atoms with Crippen molar-refractivity contribution >= 4 is 27.8 Å². The molecular formula is C30H39HfSi. The van der Waals surface area contributed by atoms with Gasteiger partial charge in [0.1, 0.15) is 0 Å². The van der Waals surface area contributed by atoms with Crippen LogP contribution in [-0.2, 0) is 23.0 Å². The van der Waals surface area contributed by atoms with E-state index in [2.05, 4.69) is 109 Å². The van der Waals surface area contributed by atoms with Gasteiger partial charge in [0.25, 0.3) is 0 Å². The van der Waals surface area contributed by atoms with Gasteiger partial charge in [-0.1, -0.05) is 64.8 Å². The van der Waals surface area contributed by atoms with E-state index >= 15 is 0 Å². The second-order valence-electron chi connectivity index (χ2n) is 9.36. The molecule has 0 atom stereocenters. The number of hydrogen-bond donors (Lipinski definition) is 0. The van der Waals surface area contributed by atoms with Crippen LogP contribution in [0.3, 0.4) is 0 Å². The van der Waals surface area contributed by atoms with Crippen molar-refractivity contribution in [3.05, 3.63) is 82.9 Å². The summed E-state index contributed by atoms with van der Waals surface area (Å²) in [6.45, 7) is 15.6. The van der Waals surface area contributed by atoms with Crippen molar-refractivity contribution in [2.75, 3.05) is 0 Å². The third-order valence-corrected chi connectivity index (χ3v) is 9.05. The molecule has 0 bridgehead atoms. The van der Waals surface area contributed by atoms with Crippen LogP contribution in [0.2, 0.25) is 6.04 Å². The Morgan fingerprint density at radius 1 is 0.781 bits per heavy atom. The van der Waals surface area contributed by atoms with Crippen LogP contribution < -0.4 is 0 Å². The van der Waals surface area contributed by atoms with Crippen LogP contribution in [0.5, 0.6) is 0 Å². The van der Waals surface area contributed by atoms with Crippen molar-refractivity contribution in [3.8, 4) is 0 Å². The van der Waals surface area contributed by atoms with Crippen LogP contribution in [0.1, 0.15) is 81.5 Å². The monoisotopic (exact) mass is 607 g/mol. The largest absolute Gasteiger partial charge is 0.165 e. The maximum atomic E-state index is 2.28. The molecule has 0 amide bonds. The van der Waals surface area contributed by atoms with Gasteiger partial charge in [-0.3, -0.25) is 0 Å². The average molecular weight is 606 g/mol. The molecule has 0 spiro atoms. The Labute approximate surface area is 211 Å². The van der Waals surface area contributed by atoms with Gasteiger partial charge in [0.15, 0.2) is 0 Å². The van der Waals surface area contributed by atoms with E-state index in [4.69, 9.17) is 0 Å². The maximum absolute atomic E-state index is 2.28. The zero-order valence-corrected chi connectivity index (χ0v) is 25.6. The van der Waals surface area contributed by atoms with Crippen molar-refractivity contribution in [1.29, 1.82) is 0 Å². The van der Waals surface area contributed by atoms with Crippen LogP contribution in [0, 0.1) is 13.8 Å².